The van der Waals surface area contributed by atoms with Gasteiger partial charge in [0.25, 0.3) is 0 Å². The van der Waals surface area contributed by atoms with E-state index in [1.807, 2.05) is 91.2 Å². The van der Waals surface area contributed by atoms with Crippen LogP contribution in [0.25, 0.3) is 0 Å². The van der Waals surface area contributed by atoms with Gasteiger partial charge in [-0.05, 0) is 47.1 Å². The van der Waals surface area contributed by atoms with Crippen LogP contribution in [-0.4, -0.2) is 40.8 Å². The van der Waals surface area contributed by atoms with Crippen molar-refractivity contribution in [2.75, 3.05) is 24.2 Å². The highest BCUT2D eigenvalue weighted by molar-refractivity contribution is 7.98. The second-order valence-electron chi connectivity index (χ2n) is 11.1. The van der Waals surface area contributed by atoms with E-state index < -0.39 is 11.9 Å². The van der Waals surface area contributed by atoms with E-state index in [0.29, 0.717) is 25.2 Å². The third-order valence-corrected chi connectivity index (χ3v) is 9.70. The maximum atomic E-state index is 14.0. The molecule has 0 aliphatic heterocycles. The van der Waals surface area contributed by atoms with Crippen LogP contribution in [0.5, 0.6) is 0 Å². The monoisotopic (exact) mass is 626 g/mol. The van der Waals surface area contributed by atoms with Crippen molar-refractivity contribution in [1.82, 2.24) is 4.90 Å². The number of nitrogens with zero attached hydrogens (tertiary/aromatic N) is 1. The predicted molar refractivity (Wildman–Crippen MR) is 185 cm³/mol. The highest BCUT2D eigenvalue weighted by Gasteiger charge is 2.25. The molecule has 1 atom stereocenters. The lowest BCUT2D eigenvalue weighted by molar-refractivity contribution is -0.143. The molecule has 0 fully saturated rings. The first kappa shape index (κ1) is 33.2. The Morgan fingerprint density at radius 2 is 1.34 bits per heavy atom. The molecule has 4 aromatic carbocycles. The Hall–Kier alpha value is -3.68. The fourth-order valence-electron chi connectivity index (χ4n) is 4.94. The normalized spacial score (nSPS) is 11.7. The largest absolute Gasteiger partial charge is 0.481 e. The molecule has 0 heterocycles. The predicted octanol–water partition coefficient (Wildman–Crippen LogP) is 8.89. The van der Waals surface area contributed by atoms with E-state index in [9.17, 15) is 14.7 Å². The number of anilines is 1. The molecule has 1 unspecified atom stereocenters. The van der Waals surface area contributed by atoms with Crippen molar-refractivity contribution in [3.8, 4) is 0 Å². The highest BCUT2D eigenvalue weighted by atomic mass is 32.2. The molecule has 230 valence electrons. The maximum Gasteiger partial charge on any atom is 0.321 e. The Kier molecular flexibility index (Phi) is 13.3. The van der Waals surface area contributed by atoms with Crippen LogP contribution in [0.15, 0.2) is 114 Å². The van der Waals surface area contributed by atoms with E-state index in [2.05, 4.69) is 53.8 Å². The molecule has 0 bridgehead atoms. The quantitative estimate of drug-likeness (QED) is 0.0960. The number of carboxylic acid groups (broad SMARTS) is 1. The van der Waals surface area contributed by atoms with Crippen LogP contribution in [-0.2, 0) is 29.1 Å². The molecule has 0 aliphatic carbocycles. The van der Waals surface area contributed by atoms with Crippen LogP contribution in [0.4, 0.5) is 10.5 Å². The molecular formula is C37H42N2O3S2. The highest BCUT2D eigenvalue weighted by Crippen LogP contribution is 2.35. The van der Waals surface area contributed by atoms with Gasteiger partial charge in [-0.1, -0.05) is 117 Å². The molecular weight excluding hydrogens is 585 g/mol. The average Bonchev–Trinajstić information content (AvgIpc) is 3.04. The first-order valence-corrected chi connectivity index (χ1v) is 17.3. The molecule has 0 spiro atoms. The SMILES string of the molecule is CC(C)C(Cc1cccc(SCc2ccccc2)c1NC(=O)N(CCSCc1ccccc1)CCc1ccccc1)C(=O)O. The van der Waals surface area contributed by atoms with Crippen LogP contribution < -0.4 is 5.32 Å². The summed E-state index contributed by atoms with van der Waals surface area (Å²) in [5.41, 5.74) is 5.20. The van der Waals surface area contributed by atoms with Gasteiger partial charge in [-0.25, -0.2) is 4.79 Å². The van der Waals surface area contributed by atoms with Crippen molar-refractivity contribution in [3.63, 3.8) is 0 Å². The Balaban J connectivity index is 1.55. The lowest BCUT2D eigenvalue weighted by Crippen LogP contribution is -2.38. The third-order valence-electron chi connectivity index (χ3n) is 7.56. The minimum Gasteiger partial charge on any atom is -0.481 e. The summed E-state index contributed by atoms with van der Waals surface area (Å²) in [6.07, 6.45) is 1.10. The van der Waals surface area contributed by atoms with Crippen LogP contribution in [0.2, 0.25) is 0 Å². The van der Waals surface area contributed by atoms with Gasteiger partial charge in [0.15, 0.2) is 0 Å². The van der Waals surface area contributed by atoms with Crippen molar-refractivity contribution in [3.05, 3.63) is 131 Å². The van der Waals surface area contributed by atoms with Gasteiger partial charge >= 0.3 is 12.0 Å². The first-order valence-electron chi connectivity index (χ1n) is 15.1. The molecule has 4 aromatic rings. The van der Waals surface area contributed by atoms with Crippen molar-refractivity contribution < 1.29 is 14.7 Å². The van der Waals surface area contributed by atoms with E-state index in [4.69, 9.17) is 0 Å². The number of rotatable bonds is 16. The summed E-state index contributed by atoms with van der Waals surface area (Å²) >= 11 is 3.47. The fraction of sp³-hybridized carbons (Fsp3) is 0.297. The molecule has 4 rings (SSSR count). The second-order valence-corrected chi connectivity index (χ2v) is 13.3. The summed E-state index contributed by atoms with van der Waals surface area (Å²) in [6, 6.07) is 36.6. The van der Waals surface area contributed by atoms with Crippen LogP contribution >= 0.6 is 23.5 Å². The number of thioether (sulfide) groups is 2. The van der Waals surface area contributed by atoms with E-state index in [1.165, 1.54) is 16.7 Å². The molecule has 5 nitrogen and oxygen atoms in total. The number of carbonyl (C=O) groups excluding carboxylic acids is 1. The summed E-state index contributed by atoms with van der Waals surface area (Å²) in [6.45, 7) is 5.06. The van der Waals surface area contributed by atoms with Crippen LogP contribution in [0, 0.1) is 11.8 Å². The number of benzene rings is 4. The van der Waals surface area contributed by atoms with E-state index >= 15 is 0 Å². The van der Waals surface area contributed by atoms with E-state index in [1.54, 1.807) is 11.8 Å². The number of amides is 2. The summed E-state index contributed by atoms with van der Waals surface area (Å²) in [5, 5.41) is 13.2. The van der Waals surface area contributed by atoms with Gasteiger partial charge < -0.3 is 15.3 Å². The number of hydrogen-bond donors (Lipinski definition) is 2. The molecule has 44 heavy (non-hydrogen) atoms. The van der Waals surface area contributed by atoms with Gasteiger partial charge in [0.05, 0.1) is 11.6 Å². The van der Waals surface area contributed by atoms with Crippen molar-refractivity contribution in [1.29, 1.82) is 0 Å². The zero-order chi connectivity index (χ0) is 31.1. The minimum absolute atomic E-state index is 0.0410. The third kappa shape index (κ3) is 10.5. The molecule has 7 heteroatoms. The number of hydrogen-bond acceptors (Lipinski definition) is 4. The van der Waals surface area contributed by atoms with Crippen molar-refractivity contribution in [2.24, 2.45) is 11.8 Å². The number of nitrogens with one attached hydrogen (secondary N) is 1. The standard InChI is InChI=1S/C37H42N2O3S2/c1-28(2)33(36(40)41)25-32-19-12-20-34(44-27-31-17-10-5-11-18-31)35(32)38-37(42)39(22-21-29-13-6-3-7-14-29)23-24-43-26-30-15-8-4-9-16-30/h3-20,28,33H,21-27H2,1-2H3,(H,38,42)(H,40,41). The zero-order valence-corrected chi connectivity index (χ0v) is 27.2. The molecule has 0 saturated heterocycles. The number of carbonyl (C=O) groups is 2. The van der Waals surface area contributed by atoms with Crippen LogP contribution in [0.3, 0.4) is 0 Å². The van der Waals surface area contributed by atoms with Gasteiger partial charge in [0.2, 0.25) is 0 Å². The summed E-state index contributed by atoms with van der Waals surface area (Å²) in [4.78, 5) is 29.0. The van der Waals surface area contributed by atoms with E-state index in [-0.39, 0.29) is 11.9 Å². The number of aliphatic carboxylic acids is 1. The Bertz CT molecular complexity index is 1450. The molecule has 0 saturated carbocycles. The lowest BCUT2D eigenvalue weighted by atomic mass is 9.89. The van der Waals surface area contributed by atoms with Crippen molar-refractivity contribution in [2.45, 2.75) is 43.1 Å². The van der Waals surface area contributed by atoms with Gasteiger partial charge in [0.1, 0.15) is 0 Å². The number of para-hydroxylation sites is 1. The van der Waals surface area contributed by atoms with Gasteiger partial charge in [0, 0.05) is 35.2 Å². The minimum atomic E-state index is -0.820. The van der Waals surface area contributed by atoms with Crippen LogP contribution in [0.1, 0.15) is 36.1 Å². The zero-order valence-electron chi connectivity index (χ0n) is 25.5. The van der Waals surface area contributed by atoms with Gasteiger partial charge in [-0.3, -0.25) is 4.79 Å². The Morgan fingerprint density at radius 1 is 0.750 bits per heavy atom. The smallest absolute Gasteiger partial charge is 0.321 e. The molecule has 2 amide bonds. The molecule has 0 radical (unpaired) electrons. The number of urea groups is 1. The average molecular weight is 627 g/mol. The van der Waals surface area contributed by atoms with Gasteiger partial charge in [-0.15, -0.1) is 11.8 Å². The molecule has 2 N–H and O–H groups in total. The van der Waals surface area contributed by atoms with E-state index in [0.717, 1.165) is 34.1 Å². The fourth-order valence-corrected chi connectivity index (χ4v) is 6.88. The lowest BCUT2D eigenvalue weighted by Gasteiger charge is -2.26. The Morgan fingerprint density at radius 3 is 1.93 bits per heavy atom. The van der Waals surface area contributed by atoms with Crippen molar-refractivity contribution >= 4 is 41.2 Å². The second kappa shape index (κ2) is 17.6. The summed E-state index contributed by atoms with van der Waals surface area (Å²) in [5.74, 6) is 1.03. The first-order chi connectivity index (χ1) is 21.4. The Labute approximate surface area is 270 Å². The number of carboxylic acids is 1. The summed E-state index contributed by atoms with van der Waals surface area (Å²) in [7, 11) is 0. The van der Waals surface area contributed by atoms with Gasteiger partial charge in [-0.2, -0.15) is 11.8 Å². The maximum absolute atomic E-state index is 14.0. The molecule has 0 aliphatic rings. The molecule has 0 aromatic heterocycles. The topological polar surface area (TPSA) is 69.6 Å². The summed E-state index contributed by atoms with van der Waals surface area (Å²) < 4.78 is 0.